The maximum absolute atomic E-state index is 11.8. The zero-order valence-electron chi connectivity index (χ0n) is 10.3. The molecule has 5 heteroatoms. The molecule has 2 N–H and O–H groups in total. The first kappa shape index (κ1) is 13.3. The molecule has 0 aliphatic carbocycles. The van der Waals surface area contributed by atoms with Crippen LogP contribution in [0.4, 0.5) is 4.79 Å². The minimum absolute atomic E-state index is 0.0902. The van der Waals surface area contributed by atoms with Crippen molar-refractivity contribution < 1.29 is 14.6 Å². The predicted octanol–water partition coefficient (Wildman–Crippen LogP) is 0.578. The van der Waals surface area contributed by atoms with Crippen molar-refractivity contribution in [1.82, 2.24) is 10.2 Å². The average molecular weight is 230 g/mol. The molecule has 1 aliphatic heterocycles. The maximum atomic E-state index is 11.8. The molecule has 1 unspecified atom stereocenters. The number of nitrogens with one attached hydrogen (secondary N) is 1. The fourth-order valence-corrected chi connectivity index (χ4v) is 1.59. The Labute approximate surface area is 96.8 Å². The molecule has 0 aromatic carbocycles. The lowest BCUT2D eigenvalue weighted by molar-refractivity contribution is 0.0260. The standard InChI is InChI=1S/C11H22N2O3/c1-11(2,3)16-10(15)13-6-4-9(8-14)12-5-7-13/h9,12,14H,4-8H2,1-3H3. The minimum atomic E-state index is -0.451. The minimum Gasteiger partial charge on any atom is -0.444 e. The van der Waals surface area contributed by atoms with Gasteiger partial charge >= 0.3 is 6.09 Å². The highest BCUT2D eigenvalue weighted by Crippen LogP contribution is 2.11. The third kappa shape index (κ3) is 4.37. The molecule has 1 amide bonds. The maximum Gasteiger partial charge on any atom is 0.410 e. The first-order valence-electron chi connectivity index (χ1n) is 5.74. The van der Waals surface area contributed by atoms with Crippen molar-refractivity contribution in [2.24, 2.45) is 0 Å². The summed E-state index contributed by atoms with van der Waals surface area (Å²) >= 11 is 0. The van der Waals surface area contributed by atoms with Gasteiger partial charge in [0.05, 0.1) is 6.61 Å². The second-order valence-electron chi connectivity index (χ2n) is 5.09. The average Bonchev–Trinajstić information content (AvgIpc) is 2.39. The topological polar surface area (TPSA) is 61.8 Å². The van der Waals surface area contributed by atoms with Crippen LogP contribution < -0.4 is 5.32 Å². The summed E-state index contributed by atoms with van der Waals surface area (Å²) in [5.41, 5.74) is -0.451. The molecule has 5 nitrogen and oxygen atoms in total. The van der Waals surface area contributed by atoms with E-state index in [0.717, 1.165) is 6.42 Å². The van der Waals surface area contributed by atoms with Gasteiger partial charge in [-0.2, -0.15) is 0 Å². The van der Waals surface area contributed by atoms with Gasteiger partial charge in [-0.3, -0.25) is 0 Å². The van der Waals surface area contributed by atoms with Crippen LogP contribution in [0.3, 0.4) is 0 Å². The number of aliphatic hydroxyl groups excluding tert-OH is 1. The fraction of sp³-hybridized carbons (Fsp3) is 0.909. The van der Waals surface area contributed by atoms with Crippen LogP contribution in [0.1, 0.15) is 27.2 Å². The van der Waals surface area contributed by atoms with Crippen LogP contribution in [0.5, 0.6) is 0 Å². The molecule has 0 saturated carbocycles. The van der Waals surface area contributed by atoms with Crippen LogP contribution in [-0.4, -0.2) is 54.0 Å². The predicted molar refractivity (Wildman–Crippen MR) is 61.3 cm³/mol. The Balaban J connectivity index is 2.45. The van der Waals surface area contributed by atoms with E-state index in [1.54, 1.807) is 4.90 Å². The molecule has 1 fully saturated rings. The summed E-state index contributed by atoms with van der Waals surface area (Å²) in [6, 6.07) is 0.0902. The van der Waals surface area contributed by atoms with Gasteiger partial charge < -0.3 is 20.1 Å². The quantitative estimate of drug-likeness (QED) is 0.691. The molecule has 0 radical (unpaired) electrons. The molecule has 0 bridgehead atoms. The summed E-state index contributed by atoms with van der Waals surface area (Å²) in [5.74, 6) is 0. The molecule has 1 saturated heterocycles. The molecule has 1 rings (SSSR count). The lowest BCUT2D eigenvalue weighted by Crippen LogP contribution is -2.38. The van der Waals surface area contributed by atoms with Gasteiger partial charge in [-0.05, 0) is 27.2 Å². The van der Waals surface area contributed by atoms with Crippen LogP contribution in [0.25, 0.3) is 0 Å². The highest BCUT2D eigenvalue weighted by molar-refractivity contribution is 5.68. The molecule has 94 valence electrons. The number of rotatable bonds is 1. The van der Waals surface area contributed by atoms with Crippen LogP contribution in [0.2, 0.25) is 0 Å². The van der Waals surface area contributed by atoms with Gasteiger partial charge in [0.1, 0.15) is 5.60 Å². The molecular formula is C11H22N2O3. The van der Waals surface area contributed by atoms with Gasteiger partial charge in [0.25, 0.3) is 0 Å². The largest absolute Gasteiger partial charge is 0.444 e. The lowest BCUT2D eigenvalue weighted by Gasteiger charge is -2.26. The summed E-state index contributed by atoms with van der Waals surface area (Å²) in [7, 11) is 0. The summed E-state index contributed by atoms with van der Waals surface area (Å²) in [6.07, 6.45) is 0.489. The van der Waals surface area contributed by atoms with Crippen molar-refractivity contribution in [3.05, 3.63) is 0 Å². The van der Waals surface area contributed by atoms with E-state index in [1.807, 2.05) is 20.8 Å². The van der Waals surface area contributed by atoms with Gasteiger partial charge in [-0.15, -0.1) is 0 Å². The number of hydrogen-bond acceptors (Lipinski definition) is 4. The molecule has 1 atom stereocenters. The van der Waals surface area contributed by atoms with E-state index in [9.17, 15) is 4.79 Å². The molecule has 0 aromatic rings. The molecule has 1 heterocycles. The number of nitrogens with zero attached hydrogens (tertiary/aromatic N) is 1. The van der Waals surface area contributed by atoms with Crippen LogP contribution >= 0.6 is 0 Å². The zero-order chi connectivity index (χ0) is 12.2. The molecular weight excluding hydrogens is 208 g/mol. The van der Waals surface area contributed by atoms with Crippen molar-refractivity contribution in [3.63, 3.8) is 0 Å². The number of carbonyl (C=O) groups is 1. The lowest BCUT2D eigenvalue weighted by atomic mass is 10.2. The van der Waals surface area contributed by atoms with E-state index in [1.165, 1.54) is 0 Å². The molecule has 16 heavy (non-hydrogen) atoms. The Bertz CT molecular complexity index is 238. The monoisotopic (exact) mass is 230 g/mol. The fourth-order valence-electron chi connectivity index (χ4n) is 1.59. The Kier molecular flexibility index (Phi) is 4.56. The molecule has 1 aliphatic rings. The normalized spacial score (nSPS) is 22.8. The van der Waals surface area contributed by atoms with E-state index < -0.39 is 5.60 Å². The van der Waals surface area contributed by atoms with Gasteiger partial charge in [-0.1, -0.05) is 0 Å². The summed E-state index contributed by atoms with van der Waals surface area (Å²) < 4.78 is 5.30. The zero-order valence-corrected chi connectivity index (χ0v) is 10.3. The van der Waals surface area contributed by atoms with Crippen LogP contribution in [0.15, 0.2) is 0 Å². The van der Waals surface area contributed by atoms with E-state index >= 15 is 0 Å². The Morgan fingerprint density at radius 1 is 1.50 bits per heavy atom. The van der Waals surface area contributed by atoms with Crippen molar-refractivity contribution in [2.45, 2.75) is 38.8 Å². The van der Waals surface area contributed by atoms with Crippen LogP contribution in [-0.2, 0) is 4.74 Å². The summed E-state index contributed by atoms with van der Waals surface area (Å²) in [5, 5.41) is 12.2. The first-order chi connectivity index (χ1) is 7.42. The van der Waals surface area contributed by atoms with E-state index in [-0.39, 0.29) is 18.7 Å². The first-order valence-corrected chi connectivity index (χ1v) is 5.74. The summed E-state index contributed by atoms with van der Waals surface area (Å²) in [4.78, 5) is 13.5. The van der Waals surface area contributed by atoms with Gasteiger partial charge in [-0.25, -0.2) is 4.79 Å². The van der Waals surface area contributed by atoms with Crippen molar-refractivity contribution in [2.75, 3.05) is 26.2 Å². The van der Waals surface area contributed by atoms with Crippen LogP contribution in [0, 0.1) is 0 Å². The third-order valence-electron chi connectivity index (χ3n) is 2.43. The SMILES string of the molecule is CC(C)(C)OC(=O)N1CCNC(CO)CC1. The second-order valence-corrected chi connectivity index (χ2v) is 5.09. The van der Waals surface area contributed by atoms with E-state index in [4.69, 9.17) is 9.84 Å². The number of carbonyl (C=O) groups excluding carboxylic acids is 1. The van der Waals surface area contributed by atoms with Crippen molar-refractivity contribution in [1.29, 1.82) is 0 Å². The molecule has 0 aromatic heterocycles. The van der Waals surface area contributed by atoms with Gasteiger partial charge in [0, 0.05) is 25.7 Å². The number of amides is 1. The number of hydrogen-bond donors (Lipinski definition) is 2. The third-order valence-corrected chi connectivity index (χ3v) is 2.43. The highest BCUT2D eigenvalue weighted by Gasteiger charge is 2.24. The number of aliphatic hydroxyl groups is 1. The number of ether oxygens (including phenoxy) is 1. The smallest absolute Gasteiger partial charge is 0.410 e. The van der Waals surface area contributed by atoms with Crippen molar-refractivity contribution in [3.8, 4) is 0 Å². The van der Waals surface area contributed by atoms with Gasteiger partial charge in [0.2, 0.25) is 0 Å². The van der Waals surface area contributed by atoms with E-state index in [0.29, 0.717) is 19.6 Å². The van der Waals surface area contributed by atoms with E-state index in [2.05, 4.69) is 5.32 Å². The Hall–Kier alpha value is -0.810. The Morgan fingerprint density at radius 2 is 2.19 bits per heavy atom. The van der Waals surface area contributed by atoms with Gasteiger partial charge in [0.15, 0.2) is 0 Å². The second kappa shape index (κ2) is 5.50. The molecule has 0 spiro atoms. The Morgan fingerprint density at radius 3 is 2.75 bits per heavy atom. The highest BCUT2D eigenvalue weighted by atomic mass is 16.6. The summed E-state index contributed by atoms with van der Waals surface area (Å²) in [6.45, 7) is 7.65. The van der Waals surface area contributed by atoms with Crippen molar-refractivity contribution >= 4 is 6.09 Å².